The van der Waals surface area contributed by atoms with Gasteiger partial charge in [-0.1, -0.05) is 36.4 Å². The number of fused-ring (bicyclic) bond motifs is 1. The molecule has 2 aromatic carbocycles. The molecule has 0 fully saturated rings. The van der Waals surface area contributed by atoms with Gasteiger partial charge in [-0.15, -0.1) is 10.2 Å². The van der Waals surface area contributed by atoms with E-state index >= 15 is 0 Å². The second-order valence-electron chi connectivity index (χ2n) is 6.40. The lowest BCUT2D eigenvalue weighted by Crippen LogP contribution is -2.27. The van der Waals surface area contributed by atoms with Crippen molar-refractivity contribution in [1.29, 1.82) is 0 Å². The fourth-order valence-electron chi connectivity index (χ4n) is 3.27. The number of halogens is 1. The number of nitrogens with one attached hydrogen (secondary N) is 1. The van der Waals surface area contributed by atoms with Crippen LogP contribution in [0.5, 0.6) is 0 Å². The minimum atomic E-state index is -0.313. The van der Waals surface area contributed by atoms with Crippen LogP contribution < -0.4 is 10.2 Å². The second kappa shape index (κ2) is 7.53. The average Bonchev–Trinajstić information content (AvgIpc) is 3.14. The average molecular weight is 362 g/mol. The third-order valence-electron chi connectivity index (χ3n) is 4.68. The minimum Gasteiger partial charge on any atom is -0.350 e. The molecule has 0 aliphatic carbocycles. The molecule has 0 radical (unpaired) electrons. The van der Waals surface area contributed by atoms with Gasteiger partial charge in [0.05, 0.1) is 0 Å². The summed E-state index contributed by atoms with van der Waals surface area (Å²) in [5.41, 5.74) is 3.25. The van der Waals surface area contributed by atoms with Crippen molar-refractivity contribution in [3.8, 4) is 0 Å². The normalized spacial score (nSPS) is 12.7. The van der Waals surface area contributed by atoms with E-state index in [1.165, 1.54) is 11.6 Å². The standard InChI is InChI=1S/C21H19FN4O/c22-17-7-3-1-5-15(17)11-13-23-21(27)18-9-10-20(25-24-18)26-14-12-16-6-2-4-8-19(16)26/h1-10H,11-14H2,(H,23,27). The van der Waals surface area contributed by atoms with Gasteiger partial charge in [0, 0.05) is 18.8 Å². The molecule has 1 aliphatic heterocycles. The highest BCUT2D eigenvalue weighted by atomic mass is 19.1. The zero-order valence-electron chi connectivity index (χ0n) is 14.7. The Labute approximate surface area is 156 Å². The number of amides is 1. The van der Waals surface area contributed by atoms with Gasteiger partial charge < -0.3 is 10.2 Å². The molecule has 4 rings (SSSR count). The van der Waals surface area contributed by atoms with Gasteiger partial charge in [-0.05, 0) is 48.2 Å². The molecule has 0 atom stereocenters. The first-order chi connectivity index (χ1) is 13.2. The third kappa shape index (κ3) is 3.65. The summed E-state index contributed by atoms with van der Waals surface area (Å²) in [5.74, 6) is 0.150. The van der Waals surface area contributed by atoms with Gasteiger partial charge in [0.15, 0.2) is 11.5 Å². The number of benzene rings is 2. The number of anilines is 2. The van der Waals surface area contributed by atoms with Crippen LogP contribution in [-0.2, 0) is 12.8 Å². The van der Waals surface area contributed by atoms with Crippen molar-refractivity contribution >= 4 is 17.4 Å². The van der Waals surface area contributed by atoms with E-state index in [1.54, 1.807) is 30.3 Å². The van der Waals surface area contributed by atoms with Crippen LogP contribution in [0.15, 0.2) is 60.7 Å². The van der Waals surface area contributed by atoms with Gasteiger partial charge in [0.1, 0.15) is 5.82 Å². The number of para-hydroxylation sites is 1. The molecule has 5 nitrogen and oxygen atoms in total. The van der Waals surface area contributed by atoms with Crippen LogP contribution >= 0.6 is 0 Å². The summed E-state index contributed by atoms with van der Waals surface area (Å²) in [6.07, 6.45) is 1.39. The number of carbonyl (C=O) groups is 1. The van der Waals surface area contributed by atoms with Gasteiger partial charge in [-0.25, -0.2) is 4.39 Å². The second-order valence-corrected chi connectivity index (χ2v) is 6.40. The Kier molecular flexibility index (Phi) is 4.78. The van der Waals surface area contributed by atoms with Crippen LogP contribution in [0.3, 0.4) is 0 Å². The molecule has 0 spiro atoms. The summed E-state index contributed by atoms with van der Waals surface area (Å²) in [6.45, 7) is 1.19. The summed E-state index contributed by atoms with van der Waals surface area (Å²) < 4.78 is 13.6. The molecule has 3 aromatic rings. The first-order valence-electron chi connectivity index (χ1n) is 8.93. The van der Waals surface area contributed by atoms with Crippen LogP contribution in [0.25, 0.3) is 0 Å². The zero-order valence-corrected chi connectivity index (χ0v) is 14.7. The van der Waals surface area contributed by atoms with Crippen molar-refractivity contribution in [2.75, 3.05) is 18.0 Å². The highest BCUT2D eigenvalue weighted by Gasteiger charge is 2.21. The summed E-state index contributed by atoms with van der Waals surface area (Å²) in [5, 5.41) is 11.0. The summed E-state index contributed by atoms with van der Waals surface area (Å²) in [7, 11) is 0. The fraction of sp³-hybridized carbons (Fsp3) is 0.190. The fourth-order valence-corrected chi connectivity index (χ4v) is 3.27. The van der Waals surface area contributed by atoms with E-state index in [0.29, 0.717) is 18.5 Å². The van der Waals surface area contributed by atoms with Gasteiger partial charge in [0.2, 0.25) is 0 Å². The molecule has 1 N–H and O–H groups in total. The van der Waals surface area contributed by atoms with E-state index in [4.69, 9.17) is 0 Å². The Morgan fingerprint density at radius 2 is 1.85 bits per heavy atom. The van der Waals surface area contributed by atoms with Crippen LogP contribution in [-0.4, -0.2) is 29.2 Å². The molecule has 6 heteroatoms. The number of hydrogen-bond acceptors (Lipinski definition) is 4. The Morgan fingerprint density at radius 1 is 1.04 bits per heavy atom. The van der Waals surface area contributed by atoms with E-state index in [9.17, 15) is 9.18 Å². The van der Waals surface area contributed by atoms with Crippen LogP contribution in [0.4, 0.5) is 15.9 Å². The molecular formula is C21H19FN4O. The van der Waals surface area contributed by atoms with Crippen molar-refractivity contribution in [2.24, 2.45) is 0 Å². The number of carbonyl (C=O) groups excluding carboxylic acids is 1. The molecule has 0 bridgehead atoms. The molecule has 0 saturated carbocycles. The SMILES string of the molecule is O=C(NCCc1ccccc1F)c1ccc(N2CCc3ccccc32)nn1. The number of rotatable bonds is 5. The van der Waals surface area contributed by atoms with E-state index in [0.717, 1.165) is 24.5 Å². The monoisotopic (exact) mass is 362 g/mol. The lowest BCUT2D eigenvalue weighted by atomic mass is 10.1. The predicted octanol–water partition coefficient (Wildman–Crippen LogP) is 3.28. The number of nitrogens with zero attached hydrogens (tertiary/aromatic N) is 3. The lowest BCUT2D eigenvalue weighted by Gasteiger charge is -2.17. The minimum absolute atomic E-state index is 0.250. The van der Waals surface area contributed by atoms with Crippen molar-refractivity contribution in [3.05, 3.63) is 83.3 Å². The topological polar surface area (TPSA) is 58.1 Å². The first kappa shape index (κ1) is 17.1. The Bertz CT molecular complexity index is 958. The first-order valence-corrected chi connectivity index (χ1v) is 8.93. The van der Waals surface area contributed by atoms with E-state index in [2.05, 4.69) is 32.5 Å². The van der Waals surface area contributed by atoms with Crippen LogP contribution in [0.1, 0.15) is 21.6 Å². The molecule has 1 amide bonds. The maximum Gasteiger partial charge on any atom is 0.271 e. The maximum absolute atomic E-state index is 13.6. The predicted molar refractivity (Wildman–Crippen MR) is 102 cm³/mol. The van der Waals surface area contributed by atoms with Crippen LogP contribution in [0, 0.1) is 5.82 Å². The van der Waals surface area contributed by atoms with Crippen molar-refractivity contribution in [3.63, 3.8) is 0 Å². The largest absolute Gasteiger partial charge is 0.350 e. The number of hydrogen-bond donors (Lipinski definition) is 1. The van der Waals surface area contributed by atoms with E-state index < -0.39 is 0 Å². The van der Waals surface area contributed by atoms with E-state index in [1.807, 2.05) is 12.1 Å². The van der Waals surface area contributed by atoms with Crippen molar-refractivity contribution in [2.45, 2.75) is 12.8 Å². The summed E-state index contributed by atoms with van der Waals surface area (Å²) in [4.78, 5) is 14.3. The van der Waals surface area contributed by atoms with Crippen molar-refractivity contribution in [1.82, 2.24) is 15.5 Å². The highest BCUT2D eigenvalue weighted by molar-refractivity contribution is 5.92. The molecular weight excluding hydrogens is 343 g/mol. The Morgan fingerprint density at radius 3 is 2.67 bits per heavy atom. The third-order valence-corrected chi connectivity index (χ3v) is 4.68. The number of aromatic nitrogens is 2. The molecule has 0 unspecified atom stereocenters. The molecule has 0 saturated heterocycles. The quantitative estimate of drug-likeness (QED) is 0.757. The van der Waals surface area contributed by atoms with Crippen LogP contribution in [0.2, 0.25) is 0 Å². The molecule has 1 aliphatic rings. The highest BCUT2D eigenvalue weighted by Crippen LogP contribution is 2.32. The molecule has 27 heavy (non-hydrogen) atoms. The maximum atomic E-state index is 13.6. The molecule has 1 aromatic heterocycles. The van der Waals surface area contributed by atoms with Gasteiger partial charge in [-0.3, -0.25) is 4.79 Å². The van der Waals surface area contributed by atoms with E-state index in [-0.39, 0.29) is 17.4 Å². The molecule has 136 valence electrons. The Balaban J connectivity index is 1.38. The smallest absolute Gasteiger partial charge is 0.271 e. The van der Waals surface area contributed by atoms with Gasteiger partial charge >= 0.3 is 0 Å². The van der Waals surface area contributed by atoms with Gasteiger partial charge in [0.25, 0.3) is 5.91 Å². The lowest BCUT2D eigenvalue weighted by molar-refractivity contribution is 0.0948. The van der Waals surface area contributed by atoms with Crippen molar-refractivity contribution < 1.29 is 9.18 Å². The Hall–Kier alpha value is -3.28. The molecule has 2 heterocycles. The van der Waals surface area contributed by atoms with Gasteiger partial charge in [-0.2, -0.15) is 0 Å². The summed E-state index contributed by atoms with van der Waals surface area (Å²) >= 11 is 0. The zero-order chi connectivity index (χ0) is 18.6. The summed E-state index contributed by atoms with van der Waals surface area (Å²) in [6, 6.07) is 18.2.